The Labute approximate surface area is 252 Å². The lowest BCUT2D eigenvalue weighted by atomic mass is 10.1. The van der Waals surface area contributed by atoms with Crippen LogP contribution in [0.1, 0.15) is 23.6 Å². The van der Waals surface area contributed by atoms with Crippen LogP contribution in [0.4, 0.5) is 13.2 Å². The van der Waals surface area contributed by atoms with Crippen LogP contribution in [0.25, 0.3) is 22.3 Å². The third kappa shape index (κ3) is 6.50. The molecule has 5 aromatic rings. The van der Waals surface area contributed by atoms with Crippen molar-refractivity contribution in [3.8, 4) is 22.9 Å². The molecule has 0 N–H and O–H groups in total. The summed E-state index contributed by atoms with van der Waals surface area (Å²) < 4.78 is 53.8. The van der Waals surface area contributed by atoms with Gasteiger partial charge in [-0.3, -0.25) is 4.79 Å². The van der Waals surface area contributed by atoms with Gasteiger partial charge in [-0.1, -0.05) is 48.0 Å². The van der Waals surface area contributed by atoms with Crippen LogP contribution in [-0.2, 0) is 12.8 Å². The normalized spacial score (nSPS) is 11.8. The van der Waals surface area contributed by atoms with Crippen molar-refractivity contribution in [1.82, 2.24) is 9.66 Å². The molecule has 0 amide bonds. The predicted octanol–water partition coefficient (Wildman–Crippen LogP) is 8.36. The highest BCUT2D eigenvalue weighted by molar-refractivity contribution is 9.10. The number of ether oxygens (including phenoxy) is 2. The third-order valence-corrected chi connectivity index (χ3v) is 6.99. The van der Waals surface area contributed by atoms with Gasteiger partial charge in [0.05, 0.1) is 33.8 Å². The number of alkyl halides is 3. The van der Waals surface area contributed by atoms with Crippen LogP contribution in [0.15, 0.2) is 99.3 Å². The maximum atomic E-state index is 13.5. The summed E-state index contributed by atoms with van der Waals surface area (Å²) in [6.07, 6.45) is -3.16. The average Bonchev–Trinajstić information content (AvgIpc) is 2.97. The Kier molecular flexibility index (Phi) is 8.65. The summed E-state index contributed by atoms with van der Waals surface area (Å²) in [5.41, 5.74) is 0.481. The zero-order valence-corrected chi connectivity index (χ0v) is 24.4. The Morgan fingerprint density at radius 3 is 2.50 bits per heavy atom. The molecule has 5 rings (SSSR count). The molecule has 1 aromatic heterocycles. The highest BCUT2D eigenvalue weighted by Crippen LogP contribution is 2.37. The second kappa shape index (κ2) is 12.4. The lowest BCUT2D eigenvalue weighted by molar-refractivity contribution is -0.137. The topological polar surface area (TPSA) is 65.7 Å². The number of rotatable bonds is 8. The molecule has 0 aliphatic heterocycles. The largest absolute Gasteiger partial charge is 0.490 e. The fraction of sp³-hybridized carbons (Fsp3) is 0.129. The number of hydrogen-bond donors (Lipinski definition) is 0. The monoisotopic (exact) mass is 655 g/mol. The van der Waals surface area contributed by atoms with Crippen molar-refractivity contribution in [3.63, 3.8) is 0 Å². The molecule has 0 atom stereocenters. The van der Waals surface area contributed by atoms with E-state index in [0.717, 1.165) is 22.4 Å². The van der Waals surface area contributed by atoms with Gasteiger partial charge in [0.25, 0.3) is 5.56 Å². The van der Waals surface area contributed by atoms with Crippen molar-refractivity contribution in [1.29, 1.82) is 0 Å². The standard InChI is InChI=1S/C31H22BrClF3N3O3/c1-2-41-27-15-20(14-25(32)28(27)42-18-19-10-12-23(33)13-11-19)17-37-39-29(21-6-5-7-22(16-21)31(34,35)36)38-26-9-4-3-8-24(26)30(39)40/h3-17H,2,18H2,1H3. The second-order valence-electron chi connectivity index (χ2n) is 9.07. The van der Waals surface area contributed by atoms with Gasteiger partial charge in [-0.15, -0.1) is 0 Å². The van der Waals surface area contributed by atoms with E-state index in [1.165, 1.54) is 18.3 Å². The molecule has 0 aliphatic carbocycles. The third-order valence-electron chi connectivity index (χ3n) is 6.15. The molecule has 0 radical (unpaired) electrons. The summed E-state index contributed by atoms with van der Waals surface area (Å²) >= 11 is 9.50. The van der Waals surface area contributed by atoms with E-state index in [1.807, 2.05) is 19.1 Å². The zero-order chi connectivity index (χ0) is 29.9. The minimum Gasteiger partial charge on any atom is -0.490 e. The molecule has 0 aliphatic rings. The number of hydrogen-bond acceptors (Lipinski definition) is 5. The fourth-order valence-electron chi connectivity index (χ4n) is 4.18. The van der Waals surface area contributed by atoms with Gasteiger partial charge in [-0.05, 0) is 82.5 Å². The second-order valence-corrected chi connectivity index (χ2v) is 10.4. The molecule has 11 heteroatoms. The van der Waals surface area contributed by atoms with Crippen molar-refractivity contribution >= 4 is 44.6 Å². The number of fused-ring (bicyclic) bond motifs is 1. The minimum absolute atomic E-state index is 0.0342. The van der Waals surface area contributed by atoms with E-state index in [0.29, 0.717) is 38.7 Å². The Bertz CT molecular complexity index is 1840. The molecule has 1 heterocycles. The molecule has 0 saturated heterocycles. The van der Waals surface area contributed by atoms with E-state index in [-0.39, 0.29) is 23.4 Å². The van der Waals surface area contributed by atoms with Crippen molar-refractivity contribution in [3.05, 3.63) is 121 Å². The molecular weight excluding hydrogens is 635 g/mol. The quantitative estimate of drug-likeness (QED) is 0.158. The molecule has 0 unspecified atom stereocenters. The van der Waals surface area contributed by atoms with Crippen LogP contribution in [0.2, 0.25) is 5.02 Å². The Hall–Kier alpha value is -4.15. The molecule has 214 valence electrons. The van der Waals surface area contributed by atoms with Gasteiger partial charge in [0, 0.05) is 10.6 Å². The van der Waals surface area contributed by atoms with Crippen LogP contribution in [0, 0.1) is 0 Å². The summed E-state index contributed by atoms with van der Waals surface area (Å²) in [6, 6.07) is 21.9. The molecule has 42 heavy (non-hydrogen) atoms. The number of benzene rings is 4. The molecule has 0 bridgehead atoms. The van der Waals surface area contributed by atoms with E-state index >= 15 is 0 Å². The first-order valence-electron chi connectivity index (χ1n) is 12.7. The van der Waals surface area contributed by atoms with Gasteiger partial charge in [0.15, 0.2) is 17.3 Å². The molecule has 6 nitrogen and oxygen atoms in total. The molecule has 0 saturated carbocycles. The Morgan fingerprint density at radius 1 is 1.00 bits per heavy atom. The first-order chi connectivity index (χ1) is 20.1. The number of para-hydroxylation sites is 1. The smallest absolute Gasteiger partial charge is 0.416 e. The molecular formula is C31H22BrClF3N3O3. The maximum Gasteiger partial charge on any atom is 0.416 e. The SMILES string of the molecule is CCOc1cc(C=Nn2c(-c3cccc(C(F)(F)F)c3)nc3ccccc3c2=O)cc(Br)c1OCc1ccc(Cl)cc1. The summed E-state index contributed by atoms with van der Waals surface area (Å²) in [6.45, 7) is 2.46. The molecule has 4 aromatic carbocycles. The summed E-state index contributed by atoms with van der Waals surface area (Å²) in [5.74, 6) is 0.871. The average molecular weight is 657 g/mol. The van der Waals surface area contributed by atoms with E-state index in [1.54, 1.807) is 48.5 Å². The van der Waals surface area contributed by atoms with Gasteiger partial charge in [0.1, 0.15) is 6.61 Å². The lowest BCUT2D eigenvalue weighted by Gasteiger charge is -2.15. The Balaban J connectivity index is 1.55. The van der Waals surface area contributed by atoms with E-state index in [4.69, 9.17) is 21.1 Å². The fourth-order valence-corrected chi connectivity index (χ4v) is 4.88. The van der Waals surface area contributed by atoms with Crippen LogP contribution in [0.5, 0.6) is 11.5 Å². The van der Waals surface area contributed by atoms with Gasteiger partial charge >= 0.3 is 6.18 Å². The maximum absolute atomic E-state index is 13.5. The van der Waals surface area contributed by atoms with E-state index < -0.39 is 17.3 Å². The first-order valence-corrected chi connectivity index (χ1v) is 13.9. The molecule has 0 spiro atoms. The number of nitrogens with zero attached hydrogens (tertiary/aromatic N) is 3. The van der Waals surface area contributed by atoms with E-state index in [2.05, 4.69) is 26.0 Å². The molecule has 0 fully saturated rings. The number of aromatic nitrogens is 2. The van der Waals surface area contributed by atoms with Crippen LogP contribution in [0.3, 0.4) is 0 Å². The van der Waals surface area contributed by atoms with E-state index in [9.17, 15) is 18.0 Å². The first kappa shape index (κ1) is 29.3. The lowest BCUT2D eigenvalue weighted by Crippen LogP contribution is -2.20. The Morgan fingerprint density at radius 2 is 1.76 bits per heavy atom. The summed E-state index contributed by atoms with van der Waals surface area (Å²) in [7, 11) is 0. The highest BCUT2D eigenvalue weighted by Gasteiger charge is 2.31. The van der Waals surface area contributed by atoms with Gasteiger partial charge < -0.3 is 9.47 Å². The van der Waals surface area contributed by atoms with Crippen molar-refractivity contribution in [2.45, 2.75) is 19.7 Å². The van der Waals surface area contributed by atoms with Gasteiger partial charge in [-0.25, -0.2) is 4.98 Å². The van der Waals surface area contributed by atoms with Gasteiger partial charge in [-0.2, -0.15) is 22.9 Å². The van der Waals surface area contributed by atoms with Crippen molar-refractivity contribution in [2.24, 2.45) is 5.10 Å². The minimum atomic E-state index is -4.57. The van der Waals surface area contributed by atoms with Gasteiger partial charge in [0.2, 0.25) is 0 Å². The highest BCUT2D eigenvalue weighted by atomic mass is 79.9. The predicted molar refractivity (Wildman–Crippen MR) is 161 cm³/mol. The number of halogens is 5. The van der Waals surface area contributed by atoms with Crippen LogP contribution in [-0.4, -0.2) is 22.5 Å². The van der Waals surface area contributed by atoms with Crippen LogP contribution >= 0.6 is 27.5 Å². The van der Waals surface area contributed by atoms with Crippen LogP contribution < -0.4 is 15.0 Å². The van der Waals surface area contributed by atoms with Crippen molar-refractivity contribution < 1.29 is 22.6 Å². The van der Waals surface area contributed by atoms with Crippen molar-refractivity contribution in [2.75, 3.05) is 6.61 Å². The summed E-state index contributed by atoms with van der Waals surface area (Å²) in [5, 5.41) is 5.27. The zero-order valence-electron chi connectivity index (χ0n) is 22.0. The summed E-state index contributed by atoms with van der Waals surface area (Å²) in [4.78, 5) is 18.0.